The molecule has 8 heteroatoms. The van der Waals surface area contributed by atoms with E-state index in [2.05, 4.69) is 5.32 Å². The Morgan fingerprint density at radius 1 is 1.07 bits per heavy atom. The molecule has 3 aromatic rings. The summed E-state index contributed by atoms with van der Waals surface area (Å²) in [6.45, 7) is 1.26. The molecule has 0 saturated carbocycles. The molecule has 0 bridgehead atoms. The van der Waals surface area contributed by atoms with Crippen molar-refractivity contribution in [1.82, 2.24) is 4.90 Å². The lowest BCUT2D eigenvalue weighted by molar-refractivity contribution is -0.121. The van der Waals surface area contributed by atoms with Gasteiger partial charge in [0.2, 0.25) is 12.7 Å². The number of nitrogens with zero attached hydrogens (tertiary/aromatic N) is 1. The molecule has 5 rings (SSSR count). The van der Waals surface area contributed by atoms with E-state index in [-0.39, 0.29) is 24.5 Å². The molecular formula is C22H19ClN2O4S. The summed E-state index contributed by atoms with van der Waals surface area (Å²) in [5.41, 5.74) is 0.680. The van der Waals surface area contributed by atoms with Crippen LogP contribution in [0.25, 0.3) is 10.1 Å². The van der Waals surface area contributed by atoms with E-state index in [0.717, 1.165) is 10.1 Å². The van der Waals surface area contributed by atoms with Crippen LogP contribution in [-0.2, 0) is 4.79 Å². The third-order valence-corrected chi connectivity index (χ3v) is 7.19. The number of ether oxygens (including phenoxy) is 2. The van der Waals surface area contributed by atoms with Gasteiger partial charge in [0.1, 0.15) is 4.88 Å². The standard InChI is InChI=1S/C22H19ClN2O4S/c23-19-15-3-1-2-4-18(15)30-20(19)22(27)25-9-7-13(8-10-25)21(26)24-14-5-6-16-17(11-14)29-12-28-16/h1-6,11,13H,7-10,12H2,(H,24,26). The van der Waals surface area contributed by atoms with Crippen LogP contribution in [0.2, 0.25) is 5.02 Å². The largest absolute Gasteiger partial charge is 0.454 e. The molecule has 30 heavy (non-hydrogen) atoms. The van der Waals surface area contributed by atoms with Crippen molar-refractivity contribution in [2.75, 3.05) is 25.2 Å². The highest BCUT2D eigenvalue weighted by atomic mass is 35.5. The SMILES string of the molecule is O=C(Nc1ccc2c(c1)OCO2)C1CCN(C(=O)c2sc3ccccc3c2Cl)CC1. The van der Waals surface area contributed by atoms with Crippen LogP contribution in [0.15, 0.2) is 42.5 Å². The molecule has 6 nitrogen and oxygen atoms in total. The van der Waals surface area contributed by atoms with Crippen LogP contribution in [0.4, 0.5) is 5.69 Å². The molecule has 3 heterocycles. The van der Waals surface area contributed by atoms with E-state index in [4.69, 9.17) is 21.1 Å². The zero-order chi connectivity index (χ0) is 20.7. The number of amides is 2. The van der Waals surface area contributed by atoms with Crippen LogP contribution in [0.1, 0.15) is 22.5 Å². The topological polar surface area (TPSA) is 67.9 Å². The zero-order valence-corrected chi connectivity index (χ0v) is 17.6. The predicted octanol–water partition coefficient (Wildman–Crippen LogP) is 4.77. The van der Waals surface area contributed by atoms with Gasteiger partial charge in [0, 0.05) is 40.8 Å². The minimum atomic E-state index is -0.141. The van der Waals surface area contributed by atoms with Crippen molar-refractivity contribution in [1.29, 1.82) is 0 Å². The molecular weight excluding hydrogens is 424 g/mol. The van der Waals surface area contributed by atoms with Gasteiger partial charge in [-0.2, -0.15) is 0 Å². The summed E-state index contributed by atoms with van der Waals surface area (Å²) in [7, 11) is 0. The lowest BCUT2D eigenvalue weighted by atomic mass is 9.95. The number of halogens is 1. The maximum absolute atomic E-state index is 13.0. The molecule has 2 amide bonds. The average Bonchev–Trinajstić information content (AvgIpc) is 3.37. The van der Waals surface area contributed by atoms with Gasteiger partial charge in [0.25, 0.3) is 5.91 Å². The minimum absolute atomic E-state index is 0.0409. The molecule has 0 atom stereocenters. The van der Waals surface area contributed by atoms with E-state index in [1.54, 1.807) is 23.1 Å². The Morgan fingerprint density at radius 2 is 1.83 bits per heavy atom. The average molecular weight is 443 g/mol. The van der Waals surface area contributed by atoms with Gasteiger partial charge < -0.3 is 19.7 Å². The smallest absolute Gasteiger partial charge is 0.265 e. The fourth-order valence-electron chi connectivity index (χ4n) is 3.86. The summed E-state index contributed by atoms with van der Waals surface area (Å²) in [5, 5.41) is 4.37. The van der Waals surface area contributed by atoms with Gasteiger partial charge in [-0.1, -0.05) is 29.8 Å². The van der Waals surface area contributed by atoms with E-state index < -0.39 is 0 Å². The molecule has 0 aliphatic carbocycles. The fraction of sp³-hybridized carbons (Fsp3) is 0.273. The second-order valence-corrected chi connectivity index (χ2v) is 8.80. The van der Waals surface area contributed by atoms with Crippen LogP contribution in [0.3, 0.4) is 0 Å². The van der Waals surface area contributed by atoms with Crippen molar-refractivity contribution >= 4 is 50.5 Å². The molecule has 2 aliphatic heterocycles. The number of benzene rings is 2. The zero-order valence-electron chi connectivity index (χ0n) is 16.0. The quantitative estimate of drug-likeness (QED) is 0.634. The van der Waals surface area contributed by atoms with Crippen LogP contribution >= 0.6 is 22.9 Å². The van der Waals surface area contributed by atoms with Crippen LogP contribution in [-0.4, -0.2) is 36.6 Å². The summed E-state index contributed by atoms with van der Waals surface area (Å²) in [6.07, 6.45) is 1.23. The van der Waals surface area contributed by atoms with Crippen molar-refractivity contribution < 1.29 is 19.1 Å². The van der Waals surface area contributed by atoms with Crippen molar-refractivity contribution in [3.05, 3.63) is 52.4 Å². The third-order valence-electron chi connectivity index (χ3n) is 5.52. The van der Waals surface area contributed by atoms with Gasteiger partial charge in [-0.05, 0) is 31.0 Å². The number of carbonyl (C=O) groups excluding carboxylic acids is 2. The molecule has 1 N–H and O–H groups in total. The lowest BCUT2D eigenvalue weighted by Crippen LogP contribution is -2.41. The first-order chi connectivity index (χ1) is 14.6. The van der Waals surface area contributed by atoms with Crippen molar-refractivity contribution in [2.24, 2.45) is 5.92 Å². The Balaban J connectivity index is 1.22. The third kappa shape index (κ3) is 3.48. The van der Waals surface area contributed by atoms with Crippen LogP contribution < -0.4 is 14.8 Å². The Hall–Kier alpha value is -2.77. The first-order valence-corrected chi connectivity index (χ1v) is 11.0. The van der Waals surface area contributed by atoms with E-state index in [1.807, 2.05) is 24.3 Å². The predicted molar refractivity (Wildman–Crippen MR) is 117 cm³/mol. The van der Waals surface area contributed by atoms with Crippen molar-refractivity contribution in [3.8, 4) is 11.5 Å². The summed E-state index contributed by atoms with van der Waals surface area (Å²) < 4.78 is 11.6. The second-order valence-electron chi connectivity index (χ2n) is 7.37. The maximum atomic E-state index is 13.0. The Bertz CT molecular complexity index is 1140. The van der Waals surface area contributed by atoms with E-state index in [1.165, 1.54) is 11.3 Å². The van der Waals surface area contributed by atoms with Gasteiger partial charge in [-0.25, -0.2) is 0 Å². The molecule has 0 radical (unpaired) electrons. The first kappa shape index (κ1) is 19.2. The molecule has 0 unspecified atom stereocenters. The Kier molecular flexibility index (Phi) is 5.00. The molecule has 1 saturated heterocycles. The van der Waals surface area contributed by atoms with Crippen molar-refractivity contribution in [2.45, 2.75) is 12.8 Å². The highest BCUT2D eigenvalue weighted by Gasteiger charge is 2.30. The summed E-state index contributed by atoms with van der Waals surface area (Å²) >= 11 is 7.88. The highest BCUT2D eigenvalue weighted by Crippen LogP contribution is 2.37. The van der Waals surface area contributed by atoms with Gasteiger partial charge in [0.05, 0.1) is 5.02 Å². The van der Waals surface area contributed by atoms with Gasteiger partial charge in [0.15, 0.2) is 11.5 Å². The summed E-state index contributed by atoms with van der Waals surface area (Å²) in [4.78, 5) is 28.0. The number of nitrogens with one attached hydrogen (secondary N) is 1. The number of hydrogen-bond donors (Lipinski definition) is 1. The fourth-order valence-corrected chi connectivity index (χ4v) is 5.34. The number of anilines is 1. The number of likely N-dealkylation sites (tertiary alicyclic amines) is 1. The summed E-state index contributed by atoms with van der Waals surface area (Å²) in [6, 6.07) is 13.1. The number of piperidine rings is 1. The molecule has 154 valence electrons. The molecule has 0 spiro atoms. The van der Waals surface area contributed by atoms with E-state index >= 15 is 0 Å². The molecule has 2 aliphatic rings. The maximum Gasteiger partial charge on any atom is 0.265 e. The number of fused-ring (bicyclic) bond motifs is 2. The summed E-state index contributed by atoms with van der Waals surface area (Å²) in [5.74, 6) is 1.07. The number of carbonyl (C=O) groups is 2. The van der Waals surface area contributed by atoms with Crippen LogP contribution in [0.5, 0.6) is 11.5 Å². The minimum Gasteiger partial charge on any atom is -0.454 e. The normalized spacial score (nSPS) is 16.1. The lowest BCUT2D eigenvalue weighted by Gasteiger charge is -2.31. The van der Waals surface area contributed by atoms with Gasteiger partial charge in [-0.3, -0.25) is 9.59 Å². The van der Waals surface area contributed by atoms with Gasteiger partial charge in [-0.15, -0.1) is 11.3 Å². The monoisotopic (exact) mass is 442 g/mol. The second kappa shape index (κ2) is 7.81. The number of hydrogen-bond acceptors (Lipinski definition) is 5. The van der Waals surface area contributed by atoms with Crippen LogP contribution in [0, 0.1) is 5.92 Å². The van der Waals surface area contributed by atoms with E-state index in [0.29, 0.717) is 53.0 Å². The van der Waals surface area contributed by atoms with Gasteiger partial charge >= 0.3 is 0 Å². The Labute approximate surface area is 182 Å². The Morgan fingerprint density at radius 3 is 2.63 bits per heavy atom. The molecule has 1 aromatic heterocycles. The number of rotatable bonds is 3. The van der Waals surface area contributed by atoms with Crippen molar-refractivity contribution in [3.63, 3.8) is 0 Å². The highest BCUT2D eigenvalue weighted by molar-refractivity contribution is 7.21. The first-order valence-electron chi connectivity index (χ1n) is 9.77. The number of thiophene rings is 1. The molecule has 1 fully saturated rings. The molecule has 2 aromatic carbocycles. The van der Waals surface area contributed by atoms with E-state index in [9.17, 15) is 9.59 Å².